The number of aliphatic hydroxyl groups is 1. The number of hydrogen-bond acceptors (Lipinski definition) is 2. The van der Waals surface area contributed by atoms with Crippen LogP contribution in [0.1, 0.15) is 57.6 Å². The summed E-state index contributed by atoms with van der Waals surface area (Å²) >= 11 is 6.39. The number of hydrogen-bond donors (Lipinski definition) is 1. The van der Waals surface area contributed by atoms with Gasteiger partial charge in [-0.2, -0.15) is 0 Å². The first-order valence-electron chi connectivity index (χ1n) is 7.73. The summed E-state index contributed by atoms with van der Waals surface area (Å²) in [6.45, 7) is 4.06. The van der Waals surface area contributed by atoms with E-state index in [0.717, 1.165) is 22.2 Å². The number of rotatable bonds is 4. The second-order valence-corrected chi connectivity index (χ2v) is 6.49. The summed E-state index contributed by atoms with van der Waals surface area (Å²) in [6.07, 6.45) is 6.00. The lowest BCUT2D eigenvalue weighted by Crippen LogP contribution is -2.35. The van der Waals surface area contributed by atoms with Crippen molar-refractivity contribution in [1.29, 1.82) is 0 Å². The van der Waals surface area contributed by atoms with E-state index in [-0.39, 0.29) is 0 Å². The first kappa shape index (κ1) is 15.7. The van der Waals surface area contributed by atoms with Gasteiger partial charge in [0, 0.05) is 13.1 Å². The summed E-state index contributed by atoms with van der Waals surface area (Å²) in [5.74, 6) is 0.910. The highest BCUT2D eigenvalue weighted by Gasteiger charge is 2.24. The summed E-state index contributed by atoms with van der Waals surface area (Å²) < 4.78 is 0. The lowest BCUT2D eigenvalue weighted by Gasteiger charge is -2.36. The van der Waals surface area contributed by atoms with Crippen LogP contribution in [0.15, 0.2) is 18.2 Å². The topological polar surface area (TPSA) is 23.5 Å². The van der Waals surface area contributed by atoms with Crippen molar-refractivity contribution in [2.75, 3.05) is 11.9 Å². The second-order valence-electron chi connectivity index (χ2n) is 6.08. The molecule has 1 aliphatic carbocycles. The third-order valence-electron chi connectivity index (χ3n) is 4.78. The minimum Gasteiger partial charge on any atom is -0.389 e. The molecule has 0 heterocycles. The Morgan fingerprint density at radius 3 is 2.45 bits per heavy atom. The highest BCUT2D eigenvalue weighted by Crippen LogP contribution is 2.35. The minimum atomic E-state index is -0.466. The molecular formula is C17H26ClNO. The van der Waals surface area contributed by atoms with Crippen LogP contribution < -0.4 is 4.90 Å². The smallest absolute Gasteiger partial charge is 0.0762 e. The van der Waals surface area contributed by atoms with Gasteiger partial charge in [0.1, 0.15) is 0 Å². The van der Waals surface area contributed by atoms with Crippen LogP contribution in [0.4, 0.5) is 5.69 Å². The molecule has 2 rings (SSSR count). The van der Waals surface area contributed by atoms with Gasteiger partial charge in [-0.05, 0) is 56.2 Å². The molecule has 1 aliphatic rings. The highest BCUT2D eigenvalue weighted by atomic mass is 35.5. The Morgan fingerprint density at radius 2 is 1.95 bits per heavy atom. The van der Waals surface area contributed by atoms with E-state index in [9.17, 15) is 5.11 Å². The van der Waals surface area contributed by atoms with E-state index in [1.807, 2.05) is 18.2 Å². The number of nitrogens with zero attached hydrogens (tertiary/aromatic N) is 1. The Labute approximate surface area is 127 Å². The van der Waals surface area contributed by atoms with Crippen molar-refractivity contribution in [3.8, 4) is 0 Å². The van der Waals surface area contributed by atoms with E-state index in [1.54, 1.807) is 6.92 Å². The van der Waals surface area contributed by atoms with Gasteiger partial charge >= 0.3 is 0 Å². The molecule has 0 aromatic heterocycles. The average Bonchev–Trinajstić information content (AvgIpc) is 2.46. The highest BCUT2D eigenvalue weighted by molar-refractivity contribution is 6.33. The lowest BCUT2D eigenvalue weighted by molar-refractivity contribution is 0.199. The summed E-state index contributed by atoms with van der Waals surface area (Å²) in [5, 5.41) is 10.3. The van der Waals surface area contributed by atoms with Crippen molar-refractivity contribution in [3.63, 3.8) is 0 Å². The fourth-order valence-electron chi connectivity index (χ4n) is 3.21. The quantitative estimate of drug-likeness (QED) is 0.862. The van der Waals surface area contributed by atoms with E-state index in [1.165, 1.54) is 32.1 Å². The fourth-order valence-corrected chi connectivity index (χ4v) is 3.53. The van der Waals surface area contributed by atoms with Gasteiger partial charge in [-0.15, -0.1) is 0 Å². The Hall–Kier alpha value is -0.730. The van der Waals surface area contributed by atoms with Crippen LogP contribution in [0.2, 0.25) is 5.02 Å². The largest absolute Gasteiger partial charge is 0.389 e. The molecular weight excluding hydrogens is 270 g/mol. The van der Waals surface area contributed by atoms with Crippen LogP contribution in [0.25, 0.3) is 0 Å². The first-order valence-corrected chi connectivity index (χ1v) is 8.11. The Balaban J connectivity index is 2.07. The number of halogens is 1. The fraction of sp³-hybridized carbons (Fsp3) is 0.647. The third-order valence-corrected chi connectivity index (χ3v) is 5.08. The molecule has 0 spiro atoms. The zero-order valence-electron chi connectivity index (χ0n) is 12.8. The molecule has 0 radical (unpaired) electrons. The van der Waals surface area contributed by atoms with E-state index in [4.69, 9.17) is 11.6 Å². The van der Waals surface area contributed by atoms with Crippen molar-refractivity contribution in [3.05, 3.63) is 28.8 Å². The van der Waals surface area contributed by atoms with Gasteiger partial charge in [0.2, 0.25) is 0 Å². The molecule has 0 saturated heterocycles. The Kier molecular flexibility index (Phi) is 5.34. The molecule has 20 heavy (non-hydrogen) atoms. The van der Waals surface area contributed by atoms with E-state index < -0.39 is 6.10 Å². The zero-order valence-corrected chi connectivity index (χ0v) is 13.5. The monoisotopic (exact) mass is 295 g/mol. The molecule has 1 fully saturated rings. The number of anilines is 1. The van der Waals surface area contributed by atoms with Crippen molar-refractivity contribution in [2.45, 2.75) is 58.1 Å². The predicted octanol–water partition coefficient (Wildman–Crippen LogP) is 4.80. The standard InChI is InChI=1S/C17H26ClNO/c1-4-13-5-8-15(9-6-13)19(3)17-10-7-14(12(2)20)11-16(17)18/h7,10-13,15,20H,4-6,8-9H2,1-3H3/t12-,13?,15?/m0/s1. The summed E-state index contributed by atoms with van der Waals surface area (Å²) in [5.41, 5.74) is 1.96. The maximum absolute atomic E-state index is 9.61. The van der Waals surface area contributed by atoms with E-state index >= 15 is 0 Å². The van der Waals surface area contributed by atoms with Gasteiger partial charge in [-0.3, -0.25) is 0 Å². The van der Waals surface area contributed by atoms with Crippen LogP contribution in [0.3, 0.4) is 0 Å². The third kappa shape index (κ3) is 3.48. The first-order chi connectivity index (χ1) is 9.52. The molecule has 1 saturated carbocycles. The molecule has 0 aliphatic heterocycles. The maximum Gasteiger partial charge on any atom is 0.0762 e. The second kappa shape index (κ2) is 6.82. The van der Waals surface area contributed by atoms with Gasteiger partial charge in [-0.1, -0.05) is 31.0 Å². The normalized spacial score (nSPS) is 24.4. The minimum absolute atomic E-state index is 0.466. The lowest BCUT2D eigenvalue weighted by atomic mass is 9.84. The van der Waals surface area contributed by atoms with Crippen molar-refractivity contribution in [1.82, 2.24) is 0 Å². The molecule has 1 atom stereocenters. The zero-order chi connectivity index (χ0) is 14.7. The van der Waals surface area contributed by atoms with E-state index in [2.05, 4.69) is 18.9 Å². The van der Waals surface area contributed by atoms with Crippen LogP contribution in [-0.4, -0.2) is 18.2 Å². The van der Waals surface area contributed by atoms with E-state index in [0.29, 0.717) is 6.04 Å². The molecule has 0 amide bonds. The summed E-state index contributed by atoms with van der Waals surface area (Å²) in [4.78, 5) is 2.32. The molecule has 1 N–H and O–H groups in total. The maximum atomic E-state index is 9.61. The van der Waals surface area contributed by atoms with Crippen LogP contribution >= 0.6 is 11.6 Å². The number of benzene rings is 1. The van der Waals surface area contributed by atoms with Crippen LogP contribution in [0.5, 0.6) is 0 Å². The SMILES string of the molecule is CCC1CCC(N(C)c2ccc([C@H](C)O)cc2Cl)CC1. The number of aliphatic hydroxyl groups excluding tert-OH is 1. The van der Waals surface area contributed by atoms with Gasteiger partial charge in [0.15, 0.2) is 0 Å². The summed E-state index contributed by atoms with van der Waals surface area (Å²) in [6, 6.07) is 6.49. The van der Waals surface area contributed by atoms with Gasteiger partial charge in [-0.25, -0.2) is 0 Å². The van der Waals surface area contributed by atoms with Crippen LogP contribution in [0, 0.1) is 5.92 Å². The summed E-state index contributed by atoms with van der Waals surface area (Å²) in [7, 11) is 2.14. The molecule has 0 bridgehead atoms. The van der Waals surface area contributed by atoms with Gasteiger partial charge in [0.05, 0.1) is 16.8 Å². The van der Waals surface area contributed by atoms with Crippen molar-refractivity contribution < 1.29 is 5.11 Å². The molecule has 0 unspecified atom stereocenters. The van der Waals surface area contributed by atoms with Crippen LogP contribution in [-0.2, 0) is 0 Å². The molecule has 1 aromatic carbocycles. The van der Waals surface area contributed by atoms with Crippen molar-refractivity contribution >= 4 is 17.3 Å². The molecule has 112 valence electrons. The average molecular weight is 296 g/mol. The molecule has 3 heteroatoms. The van der Waals surface area contributed by atoms with Gasteiger partial charge in [0.25, 0.3) is 0 Å². The predicted molar refractivity (Wildman–Crippen MR) is 86.5 cm³/mol. The Morgan fingerprint density at radius 1 is 1.30 bits per heavy atom. The van der Waals surface area contributed by atoms with Gasteiger partial charge < -0.3 is 10.0 Å². The molecule has 2 nitrogen and oxygen atoms in total. The Bertz CT molecular complexity index is 439. The molecule has 1 aromatic rings. The van der Waals surface area contributed by atoms with Crippen molar-refractivity contribution in [2.24, 2.45) is 5.92 Å².